The number of benzene rings is 1. The number of nitrogens with one attached hydrogen (secondary N) is 1. The molecule has 6 nitrogen and oxygen atoms in total. The molecule has 5 rings (SSSR count). The summed E-state index contributed by atoms with van der Waals surface area (Å²) in [5.41, 5.74) is 2.70. The fourth-order valence-electron chi connectivity index (χ4n) is 4.83. The first-order chi connectivity index (χ1) is 13.7. The number of hydrogen-bond donors (Lipinski definition) is 1. The van der Waals surface area contributed by atoms with Gasteiger partial charge in [-0.05, 0) is 37.0 Å². The predicted octanol–water partition coefficient (Wildman–Crippen LogP) is 1.68. The van der Waals surface area contributed by atoms with Gasteiger partial charge in [0, 0.05) is 84.7 Å². The van der Waals surface area contributed by atoms with E-state index in [2.05, 4.69) is 61.2 Å². The van der Waals surface area contributed by atoms with E-state index >= 15 is 0 Å². The zero-order valence-corrected chi connectivity index (χ0v) is 17.6. The van der Waals surface area contributed by atoms with E-state index in [0.717, 1.165) is 19.0 Å². The standard InChI is InChI=1S/C22H36N6/c1-23-22(24-16-21-18-26-12-14-28(21)15-13-26)25(2)17-19-6-8-20(9-7-19)27-10-4-3-5-11-27/h6-9,21H,3-5,10-18H2,1-2H3,(H,23,24). The van der Waals surface area contributed by atoms with Crippen LogP contribution in [0.4, 0.5) is 5.69 Å². The molecule has 4 heterocycles. The molecule has 28 heavy (non-hydrogen) atoms. The molecule has 4 aliphatic rings. The van der Waals surface area contributed by atoms with Crippen LogP contribution in [-0.4, -0.2) is 93.2 Å². The van der Waals surface area contributed by atoms with E-state index in [-0.39, 0.29) is 0 Å². The quantitative estimate of drug-likeness (QED) is 0.618. The van der Waals surface area contributed by atoms with Crippen molar-refractivity contribution in [2.45, 2.75) is 31.8 Å². The fourth-order valence-corrected chi connectivity index (χ4v) is 4.83. The Morgan fingerprint density at radius 2 is 1.75 bits per heavy atom. The highest BCUT2D eigenvalue weighted by atomic mass is 15.4. The minimum Gasteiger partial charge on any atom is -0.372 e. The van der Waals surface area contributed by atoms with Gasteiger partial charge in [-0.25, -0.2) is 0 Å². The lowest BCUT2D eigenvalue weighted by molar-refractivity contribution is 0.0152. The van der Waals surface area contributed by atoms with Crippen LogP contribution in [0.2, 0.25) is 0 Å². The average molecular weight is 385 g/mol. The maximum atomic E-state index is 4.51. The Morgan fingerprint density at radius 1 is 1.04 bits per heavy atom. The van der Waals surface area contributed by atoms with E-state index in [1.807, 2.05) is 7.05 Å². The zero-order chi connectivity index (χ0) is 19.3. The minimum atomic E-state index is 0.608. The average Bonchev–Trinajstić information content (AvgIpc) is 2.76. The number of rotatable bonds is 5. The normalized spacial score (nSPS) is 27.7. The van der Waals surface area contributed by atoms with Crippen molar-refractivity contribution in [3.05, 3.63) is 29.8 Å². The molecule has 0 amide bonds. The zero-order valence-electron chi connectivity index (χ0n) is 17.6. The van der Waals surface area contributed by atoms with E-state index < -0.39 is 0 Å². The highest BCUT2D eigenvalue weighted by Gasteiger charge is 2.31. The maximum Gasteiger partial charge on any atom is 0.193 e. The topological polar surface area (TPSA) is 37.4 Å². The van der Waals surface area contributed by atoms with Crippen molar-refractivity contribution in [1.29, 1.82) is 0 Å². The van der Waals surface area contributed by atoms with Crippen LogP contribution in [0.3, 0.4) is 0 Å². The SMILES string of the molecule is CN=C(NCC1CN2CCN1CC2)N(C)Cc1ccc(N2CCCCC2)cc1. The number of guanidine groups is 1. The van der Waals surface area contributed by atoms with Gasteiger partial charge in [0.25, 0.3) is 0 Å². The van der Waals surface area contributed by atoms with E-state index in [9.17, 15) is 0 Å². The maximum absolute atomic E-state index is 4.51. The number of aliphatic imine (C=N–C) groups is 1. The number of piperidine rings is 1. The number of fused-ring (bicyclic) bond motifs is 3. The highest BCUT2D eigenvalue weighted by molar-refractivity contribution is 5.79. The number of hydrogen-bond acceptors (Lipinski definition) is 4. The summed E-state index contributed by atoms with van der Waals surface area (Å²) in [6.45, 7) is 10.3. The largest absolute Gasteiger partial charge is 0.372 e. The van der Waals surface area contributed by atoms with Gasteiger partial charge in [-0.1, -0.05) is 12.1 Å². The Hall–Kier alpha value is -1.79. The summed E-state index contributed by atoms with van der Waals surface area (Å²) >= 11 is 0. The second kappa shape index (κ2) is 9.14. The molecule has 0 spiro atoms. The molecule has 154 valence electrons. The van der Waals surface area contributed by atoms with Crippen LogP contribution in [0.15, 0.2) is 29.3 Å². The summed E-state index contributed by atoms with van der Waals surface area (Å²) in [5, 5.41) is 3.61. The van der Waals surface area contributed by atoms with Gasteiger partial charge >= 0.3 is 0 Å². The third-order valence-corrected chi connectivity index (χ3v) is 6.54. The van der Waals surface area contributed by atoms with Crippen molar-refractivity contribution >= 4 is 11.6 Å². The molecule has 4 fully saturated rings. The smallest absolute Gasteiger partial charge is 0.193 e. The highest BCUT2D eigenvalue weighted by Crippen LogP contribution is 2.20. The molecule has 6 heteroatoms. The van der Waals surface area contributed by atoms with Crippen LogP contribution < -0.4 is 10.2 Å². The lowest BCUT2D eigenvalue weighted by Crippen LogP contribution is -2.63. The van der Waals surface area contributed by atoms with E-state index in [4.69, 9.17) is 0 Å². The summed E-state index contributed by atoms with van der Waals surface area (Å²) in [4.78, 5) is 14.5. The third kappa shape index (κ3) is 4.61. The number of nitrogens with zero attached hydrogens (tertiary/aromatic N) is 5. The lowest BCUT2D eigenvalue weighted by atomic mass is 10.1. The van der Waals surface area contributed by atoms with Crippen molar-refractivity contribution in [1.82, 2.24) is 20.0 Å². The Balaban J connectivity index is 1.28. The van der Waals surface area contributed by atoms with Gasteiger partial charge in [0.15, 0.2) is 5.96 Å². The molecule has 0 radical (unpaired) electrons. The second-order valence-electron chi connectivity index (χ2n) is 8.49. The van der Waals surface area contributed by atoms with Gasteiger partial charge in [0.2, 0.25) is 0 Å². The molecule has 1 atom stereocenters. The first-order valence-electron chi connectivity index (χ1n) is 10.9. The van der Waals surface area contributed by atoms with Gasteiger partial charge in [-0.3, -0.25) is 14.8 Å². The summed E-state index contributed by atoms with van der Waals surface area (Å²) in [5.74, 6) is 0.984. The van der Waals surface area contributed by atoms with Crippen molar-refractivity contribution < 1.29 is 0 Å². The summed E-state index contributed by atoms with van der Waals surface area (Å²) in [6.07, 6.45) is 4.02. The Labute approximate surface area is 170 Å². The van der Waals surface area contributed by atoms with Gasteiger partial charge in [-0.2, -0.15) is 0 Å². The summed E-state index contributed by atoms with van der Waals surface area (Å²) in [7, 11) is 4.01. The van der Waals surface area contributed by atoms with Crippen molar-refractivity contribution in [2.75, 3.05) is 71.4 Å². The minimum absolute atomic E-state index is 0.608. The van der Waals surface area contributed by atoms with E-state index in [1.54, 1.807) is 0 Å². The Morgan fingerprint density at radius 3 is 2.36 bits per heavy atom. The van der Waals surface area contributed by atoms with Crippen LogP contribution in [0.1, 0.15) is 24.8 Å². The summed E-state index contributed by atoms with van der Waals surface area (Å²) in [6, 6.07) is 9.71. The molecule has 4 aliphatic heterocycles. The van der Waals surface area contributed by atoms with Crippen molar-refractivity contribution in [3.8, 4) is 0 Å². The van der Waals surface area contributed by atoms with Crippen LogP contribution in [0, 0.1) is 0 Å². The molecule has 2 bridgehead atoms. The van der Waals surface area contributed by atoms with Crippen molar-refractivity contribution in [2.24, 2.45) is 4.99 Å². The van der Waals surface area contributed by atoms with Crippen molar-refractivity contribution in [3.63, 3.8) is 0 Å². The molecule has 1 aromatic carbocycles. The fraction of sp³-hybridized carbons (Fsp3) is 0.682. The van der Waals surface area contributed by atoms with Gasteiger partial charge in [0.1, 0.15) is 0 Å². The molecule has 0 saturated carbocycles. The monoisotopic (exact) mass is 384 g/mol. The van der Waals surface area contributed by atoms with Crippen LogP contribution in [0.5, 0.6) is 0 Å². The van der Waals surface area contributed by atoms with Gasteiger partial charge in [-0.15, -0.1) is 0 Å². The first-order valence-corrected chi connectivity index (χ1v) is 10.9. The van der Waals surface area contributed by atoms with Crippen LogP contribution >= 0.6 is 0 Å². The second-order valence-corrected chi connectivity index (χ2v) is 8.49. The lowest BCUT2D eigenvalue weighted by Gasteiger charge is -2.47. The van der Waals surface area contributed by atoms with Crippen LogP contribution in [-0.2, 0) is 6.54 Å². The van der Waals surface area contributed by atoms with Gasteiger partial charge in [0.05, 0.1) is 0 Å². The molecular formula is C22H36N6. The molecule has 0 aromatic heterocycles. The Kier molecular flexibility index (Phi) is 6.37. The molecule has 0 aliphatic carbocycles. The van der Waals surface area contributed by atoms with Crippen LogP contribution in [0.25, 0.3) is 0 Å². The molecule has 1 aromatic rings. The Bertz CT molecular complexity index is 643. The molecule has 1 N–H and O–H groups in total. The molecule has 4 saturated heterocycles. The van der Waals surface area contributed by atoms with E-state index in [0.29, 0.717) is 6.04 Å². The van der Waals surface area contributed by atoms with E-state index in [1.165, 1.54) is 76.3 Å². The number of piperazine rings is 3. The predicted molar refractivity (Wildman–Crippen MR) is 117 cm³/mol. The summed E-state index contributed by atoms with van der Waals surface area (Å²) < 4.78 is 0. The van der Waals surface area contributed by atoms with Gasteiger partial charge < -0.3 is 15.1 Å². The first kappa shape index (κ1) is 19.5. The molecular weight excluding hydrogens is 348 g/mol. The third-order valence-electron chi connectivity index (χ3n) is 6.54. The molecule has 1 unspecified atom stereocenters. The number of anilines is 1.